The van der Waals surface area contributed by atoms with E-state index in [1.807, 2.05) is 19.9 Å². The van der Waals surface area contributed by atoms with Crippen molar-refractivity contribution < 1.29 is 9.53 Å². The van der Waals surface area contributed by atoms with Crippen LogP contribution in [0.5, 0.6) is 0 Å². The molecule has 0 aliphatic rings. The van der Waals surface area contributed by atoms with E-state index in [4.69, 9.17) is 10.00 Å². The molecule has 17 heavy (non-hydrogen) atoms. The molecule has 0 aliphatic carbocycles. The Kier molecular flexibility index (Phi) is 2.84. The minimum atomic E-state index is -0.466. The van der Waals surface area contributed by atoms with Crippen LogP contribution in [-0.4, -0.2) is 17.6 Å². The van der Waals surface area contributed by atoms with Crippen LogP contribution in [0, 0.1) is 25.2 Å². The number of carbonyl (C=O) groups is 1. The number of H-pyrrole nitrogens is 1. The van der Waals surface area contributed by atoms with Crippen molar-refractivity contribution >= 4 is 16.9 Å². The Labute approximate surface area is 98.8 Å². The zero-order chi connectivity index (χ0) is 12.4. The average Bonchev–Trinajstić information content (AvgIpc) is 2.62. The van der Waals surface area contributed by atoms with Gasteiger partial charge in [0.25, 0.3) is 0 Å². The van der Waals surface area contributed by atoms with Gasteiger partial charge in [-0.25, -0.2) is 4.79 Å². The first-order valence-electron chi connectivity index (χ1n) is 5.26. The molecule has 86 valence electrons. The predicted molar refractivity (Wildman–Crippen MR) is 63.7 cm³/mol. The van der Waals surface area contributed by atoms with E-state index in [1.54, 1.807) is 18.2 Å². The molecule has 1 aromatic heterocycles. The van der Waals surface area contributed by atoms with E-state index in [0.717, 1.165) is 22.2 Å². The van der Waals surface area contributed by atoms with Gasteiger partial charge in [-0.05, 0) is 37.6 Å². The van der Waals surface area contributed by atoms with Crippen LogP contribution in [0.4, 0.5) is 0 Å². The lowest BCUT2D eigenvalue weighted by atomic mass is 10.1. The quantitative estimate of drug-likeness (QED) is 0.803. The minimum absolute atomic E-state index is 0.220. The zero-order valence-corrected chi connectivity index (χ0v) is 9.70. The van der Waals surface area contributed by atoms with Crippen molar-refractivity contribution in [3.8, 4) is 6.07 Å². The number of aromatic amines is 1. The second kappa shape index (κ2) is 4.30. The Morgan fingerprint density at radius 3 is 2.94 bits per heavy atom. The maximum absolute atomic E-state index is 11.6. The fourth-order valence-corrected chi connectivity index (χ4v) is 1.77. The smallest absolute Gasteiger partial charge is 0.339 e. The molecule has 0 bridgehead atoms. The molecule has 0 atom stereocenters. The average molecular weight is 228 g/mol. The third kappa shape index (κ3) is 2.00. The van der Waals surface area contributed by atoms with Crippen LogP contribution >= 0.6 is 0 Å². The Morgan fingerprint density at radius 2 is 2.24 bits per heavy atom. The number of nitrogens with one attached hydrogen (secondary N) is 1. The topological polar surface area (TPSA) is 65.9 Å². The van der Waals surface area contributed by atoms with Crippen LogP contribution in [0.3, 0.4) is 0 Å². The molecule has 0 unspecified atom stereocenters. The summed E-state index contributed by atoms with van der Waals surface area (Å²) in [6.45, 7) is 3.77. The number of aryl methyl sites for hydroxylation is 2. The highest BCUT2D eigenvalue weighted by Gasteiger charge is 2.10. The van der Waals surface area contributed by atoms with Crippen LogP contribution in [0.15, 0.2) is 18.2 Å². The molecular weight excluding hydrogens is 216 g/mol. The summed E-state index contributed by atoms with van der Waals surface area (Å²) in [6.07, 6.45) is 0. The fourth-order valence-electron chi connectivity index (χ4n) is 1.77. The third-order valence-electron chi connectivity index (χ3n) is 2.81. The van der Waals surface area contributed by atoms with E-state index in [1.165, 1.54) is 0 Å². The number of ether oxygens (including phenoxy) is 1. The molecular formula is C13H12N2O2. The van der Waals surface area contributed by atoms with E-state index in [2.05, 4.69) is 4.98 Å². The lowest BCUT2D eigenvalue weighted by molar-refractivity contribution is 0.0555. The van der Waals surface area contributed by atoms with Gasteiger partial charge in [-0.2, -0.15) is 5.26 Å². The summed E-state index contributed by atoms with van der Waals surface area (Å²) in [7, 11) is 0. The highest BCUT2D eigenvalue weighted by Crippen LogP contribution is 2.22. The molecule has 0 saturated heterocycles. The number of nitrogens with zero attached hydrogens (tertiary/aromatic N) is 1. The summed E-state index contributed by atoms with van der Waals surface area (Å²) in [6, 6.07) is 7.09. The van der Waals surface area contributed by atoms with Crippen LogP contribution < -0.4 is 0 Å². The highest BCUT2D eigenvalue weighted by molar-refractivity contribution is 5.96. The molecule has 0 amide bonds. The van der Waals surface area contributed by atoms with Crippen molar-refractivity contribution in [3.05, 3.63) is 35.0 Å². The normalized spacial score (nSPS) is 10.2. The maximum atomic E-state index is 11.6. The molecule has 0 aliphatic heterocycles. The number of carbonyl (C=O) groups excluding carboxylic acids is 1. The highest BCUT2D eigenvalue weighted by atomic mass is 16.5. The van der Waals surface area contributed by atoms with Crippen molar-refractivity contribution in [2.24, 2.45) is 0 Å². The number of fused-ring (bicyclic) bond motifs is 1. The Balaban J connectivity index is 2.41. The standard InChI is InChI=1S/C13H12N2O2/c1-8-9(2)15-12-4-3-10(7-11(8)12)13(16)17-6-5-14/h3-4,7,15H,6H2,1-2H3. The number of nitriles is 1. The summed E-state index contributed by atoms with van der Waals surface area (Å²) < 4.78 is 4.76. The Bertz CT molecular complexity index is 620. The molecule has 0 radical (unpaired) electrons. The maximum Gasteiger partial charge on any atom is 0.339 e. The van der Waals surface area contributed by atoms with E-state index in [-0.39, 0.29) is 6.61 Å². The molecule has 0 saturated carbocycles. The lowest BCUT2D eigenvalue weighted by Crippen LogP contribution is -2.04. The first kappa shape index (κ1) is 11.2. The van der Waals surface area contributed by atoms with Crippen LogP contribution in [0.1, 0.15) is 21.6 Å². The third-order valence-corrected chi connectivity index (χ3v) is 2.81. The van der Waals surface area contributed by atoms with Crippen molar-refractivity contribution in [3.63, 3.8) is 0 Å². The second-order valence-electron chi connectivity index (χ2n) is 3.87. The summed E-state index contributed by atoms with van der Waals surface area (Å²) in [5.41, 5.74) is 3.67. The van der Waals surface area contributed by atoms with Gasteiger partial charge in [0.15, 0.2) is 6.61 Å². The summed E-state index contributed by atoms with van der Waals surface area (Å²) in [5, 5.41) is 9.36. The number of hydrogen-bond acceptors (Lipinski definition) is 3. The second-order valence-corrected chi connectivity index (χ2v) is 3.87. The van der Waals surface area contributed by atoms with E-state index >= 15 is 0 Å². The SMILES string of the molecule is Cc1[nH]c2ccc(C(=O)OCC#N)cc2c1C. The van der Waals surface area contributed by atoms with Gasteiger partial charge in [0, 0.05) is 16.6 Å². The molecule has 1 aromatic carbocycles. The van der Waals surface area contributed by atoms with Gasteiger partial charge in [-0.3, -0.25) is 0 Å². The van der Waals surface area contributed by atoms with Gasteiger partial charge >= 0.3 is 5.97 Å². The van der Waals surface area contributed by atoms with E-state index < -0.39 is 5.97 Å². The van der Waals surface area contributed by atoms with Crippen LogP contribution in [0.2, 0.25) is 0 Å². The fraction of sp³-hybridized carbons (Fsp3) is 0.231. The first-order chi connectivity index (χ1) is 8.13. The number of benzene rings is 1. The molecule has 1 heterocycles. The molecule has 1 N–H and O–H groups in total. The van der Waals surface area contributed by atoms with Crippen molar-refractivity contribution in [1.29, 1.82) is 5.26 Å². The number of rotatable bonds is 2. The summed E-state index contributed by atoms with van der Waals surface area (Å²) in [4.78, 5) is 14.8. The number of esters is 1. The molecule has 0 spiro atoms. The van der Waals surface area contributed by atoms with Crippen molar-refractivity contribution in [1.82, 2.24) is 4.98 Å². The summed E-state index contributed by atoms with van der Waals surface area (Å²) >= 11 is 0. The molecule has 0 fully saturated rings. The number of hydrogen-bond donors (Lipinski definition) is 1. The van der Waals surface area contributed by atoms with Crippen molar-refractivity contribution in [2.75, 3.05) is 6.61 Å². The van der Waals surface area contributed by atoms with Gasteiger partial charge in [-0.1, -0.05) is 0 Å². The largest absolute Gasteiger partial charge is 0.447 e. The number of aromatic nitrogens is 1. The van der Waals surface area contributed by atoms with Gasteiger partial charge < -0.3 is 9.72 Å². The molecule has 4 heteroatoms. The molecule has 4 nitrogen and oxygen atoms in total. The lowest BCUT2D eigenvalue weighted by Gasteiger charge is -2.00. The minimum Gasteiger partial charge on any atom is -0.447 e. The molecule has 2 rings (SSSR count). The van der Waals surface area contributed by atoms with Gasteiger partial charge in [0.05, 0.1) is 5.56 Å². The van der Waals surface area contributed by atoms with Crippen LogP contribution in [-0.2, 0) is 4.74 Å². The first-order valence-corrected chi connectivity index (χ1v) is 5.26. The van der Waals surface area contributed by atoms with Gasteiger partial charge in [-0.15, -0.1) is 0 Å². The van der Waals surface area contributed by atoms with Crippen LogP contribution in [0.25, 0.3) is 10.9 Å². The molecule has 2 aromatic rings. The Hall–Kier alpha value is -2.28. The zero-order valence-electron chi connectivity index (χ0n) is 9.70. The van der Waals surface area contributed by atoms with Crippen molar-refractivity contribution in [2.45, 2.75) is 13.8 Å². The van der Waals surface area contributed by atoms with Gasteiger partial charge in [0.2, 0.25) is 0 Å². The van der Waals surface area contributed by atoms with Gasteiger partial charge in [0.1, 0.15) is 6.07 Å². The summed E-state index contributed by atoms with van der Waals surface area (Å²) in [5.74, 6) is -0.466. The van der Waals surface area contributed by atoms with E-state index in [9.17, 15) is 4.79 Å². The Morgan fingerprint density at radius 1 is 1.47 bits per heavy atom. The monoisotopic (exact) mass is 228 g/mol. The van der Waals surface area contributed by atoms with E-state index in [0.29, 0.717) is 5.56 Å². The predicted octanol–water partition coefficient (Wildman–Crippen LogP) is 2.47.